The highest BCUT2D eigenvalue weighted by atomic mass is 16.5. The van der Waals surface area contributed by atoms with Gasteiger partial charge in [0.1, 0.15) is 12.4 Å². The van der Waals surface area contributed by atoms with Crippen LogP contribution in [-0.4, -0.2) is 27.8 Å². The molecule has 6 nitrogen and oxygen atoms in total. The molecule has 1 heterocycles. The maximum atomic E-state index is 11.3. The van der Waals surface area contributed by atoms with Crippen LogP contribution >= 0.6 is 0 Å². The molecule has 0 aliphatic carbocycles. The fourth-order valence-electron chi connectivity index (χ4n) is 1.71. The highest BCUT2D eigenvalue weighted by Gasteiger charge is 2.09. The molecule has 0 spiro atoms. The van der Waals surface area contributed by atoms with Crippen LogP contribution in [0.3, 0.4) is 0 Å². The number of nitriles is 1. The van der Waals surface area contributed by atoms with Crippen LogP contribution < -0.4 is 0 Å². The van der Waals surface area contributed by atoms with Crippen molar-refractivity contribution in [2.45, 2.75) is 13.0 Å². The van der Waals surface area contributed by atoms with E-state index in [1.807, 2.05) is 30.3 Å². The average Bonchev–Trinajstić information content (AvgIpc) is 2.88. The van der Waals surface area contributed by atoms with Gasteiger partial charge in [-0.1, -0.05) is 24.3 Å². The lowest BCUT2D eigenvalue weighted by atomic mass is 10.0. The first-order chi connectivity index (χ1) is 9.22. The summed E-state index contributed by atoms with van der Waals surface area (Å²) in [6.45, 7) is 0.460. The minimum absolute atomic E-state index is 0.130. The predicted molar refractivity (Wildman–Crippen MR) is 66.0 cm³/mol. The minimum atomic E-state index is -0.288. The third-order valence-electron chi connectivity index (χ3n) is 2.65. The molecule has 1 aromatic carbocycles. The van der Waals surface area contributed by atoms with Crippen molar-refractivity contribution in [2.24, 2.45) is 0 Å². The van der Waals surface area contributed by atoms with Crippen molar-refractivity contribution in [2.75, 3.05) is 7.11 Å². The SMILES string of the molecule is COC(=O)Cc1ccccc1Cn1cnc(C#N)n1. The van der Waals surface area contributed by atoms with E-state index in [0.717, 1.165) is 11.1 Å². The van der Waals surface area contributed by atoms with Crippen LogP contribution in [0.5, 0.6) is 0 Å². The molecule has 0 radical (unpaired) electrons. The van der Waals surface area contributed by atoms with Gasteiger partial charge in [0.2, 0.25) is 0 Å². The molecule has 0 unspecified atom stereocenters. The Morgan fingerprint density at radius 2 is 2.16 bits per heavy atom. The Labute approximate surface area is 110 Å². The lowest BCUT2D eigenvalue weighted by molar-refractivity contribution is -0.139. The summed E-state index contributed by atoms with van der Waals surface area (Å²) in [7, 11) is 1.36. The number of rotatable bonds is 4. The van der Waals surface area contributed by atoms with E-state index in [2.05, 4.69) is 14.8 Å². The van der Waals surface area contributed by atoms with E-state index >= 15 is 0 Å². The number of aromatic nitrogens is 3. The number of benzene rings is 1. The Bertz CT molecular complexity index is 628. The van der Waals surface area contributed by atoms with Gasteiger partial charge in [0.05, 0.1) is 20.1 Å². The van der Waals surface area contributed by atoms with E-state index in [1.54, 1.807) is 4.68 Å². The van der Waals surface area contributed by atoms with Crippen LogP contribution in [0, 0.1) is 11.3 Å². The first-order valence-corrected chi connectivity index (χ1v) is 5.66. The first-order valence-electron chi connectivity index (χ1n) is 5.66. The molecule has 2 aromatic rings. The molecule has 0 amide bonds. The largest absolute Gasteiger partial charge is 0.469 e. The van der Waals surface area contributed by atoms with Crippen molar-refractivity contribution in [3.63, 3.8) is 0 Å². The van der Waals surface area contributed by atoms with E-state index in [1.165, 1.54) is 13.4 Å². The number of nitrogens with zero attached hydrogens (tertiary/aromatic N) is 4. The van der Waals surface area contributed by atoms with Gasteiger partial charge in [-0.05, 0) is 11.1 Å². The third kappa shape index (κ3) is 3.16. The molecule has 0 atom stereocenters. The van der Waals surface area contributed by atoms with Gasteiger partial charge in [-0.25, -0.2) is 9.67 Å². The monoisotopic (exact) mass is 256 g/mol. The third-order valence-corrected chi connectivity index (χ3v) is 2.65. The molecular formula is C13H12N4O2. The van der Waals surface area contributed by atoms with Crippen molar-refractivity contribution in [1.29, 1.82) is 5.26 Å². The molecule has 96 valence electrons. The summed E-state index contributed by atoms with van der Waals surface area (Å²) in [6.07, 6.45) is 1.71. The Balaban J connectivity index is 2.20. The van der Waals surface area contributed by atoms with Gasteiger partial charge < -0.3 is 4.74 Å². The molecule has 0 aliphatic heterocycles. The van der Waals surface area contributed by atoms with Crippen LogP contribution in [0.4, 0.5) is 0 Å². The fraction of sp³-hybridized carbons (Fsp3) is 0.231. The quantitative estimate of drug-likeness (QED) is 0.759. The topological polar surface area (TPSA) is 80.8 Å². The van der Waals surface area contributed by atoms with Crippen LogP contribution in [0.25, 0.3) is 0 Å². The zero-order valence-electron chi connectivity index (χ0n) is 10.4. The van der Waals surface area contributed by atoms with Crippen LogP contribution in [0.1, 0.15) is 17.0 Å². The molecule has 19 heavy (non-hydrogen) atoms. The predicted octanol–water partition coefficient (Wildman–Crippen LogP) is 0.914. The summed E-state index contributed by atoms with van der Waals surface area (Å²) in [5.74, 6) is -0.158. The standard InChI is InChI=1S/C13H12N4O2/c1-19-13(18)6-10-4-2-3-5-11(10)8-17-9-15-12(7-14)16-17/h2-5,9H,6,8H2,1H3. The van der Waals surface area contributed by atoms with Crippen molar-refractivity contribution in [3.05, 3.63) is 47.5 Å². The number of hydrogen-bond acceptors (Lipinski definition) is 5. The summed E-state index contributed by atoms with van der Waals surface area (Å²) in [5, 5.41) is 12.7. The van der Waals surface area contributed by atoms with Gasteiger partial charge >= 0.3 is 5.97 Å². The van der Waals surface area contributed by atoms with Gasteiger partial charge in [0, 0.05) is 0 Å². The number of methoxy groups -OCH3 is 1. The minimum Gasteiger partial charge on any atom is -0.469 e. The zero-order valence-corrected chi connectivity index (χ0v) is 10.4. The number of carbonyl (C=O) groups is 1. The molecule has 0 bridgehead atoms. The number of esters is 1. The van der Waals surface area contributed by atoms with Gasteiger partial charge in [0.25, 0.3) is 5.82 Å². The molecule has 2 rings (SSSR count). The smallest absolute Gasteiger partial charge is 0.309 e. The molecule has 0 saturated carbocycles. The normalized spacial score (nSPS) is 9.89. The fourth-order valence-corrected chi connectivity index (χ4v) is 1.71. The molecule has 0 fully saturated rings. The Morgan fingerprint density at radius 3 is 2.79 bits per heavy atom. The van der Waals surface area contributed by atoms with Crippen molar-refractivity contribution in [3.8, 4) is 6.07 Å². The maximum absolute atomic E-state index is 11.3. The lowest BCUT2D eigenvalue weighted by Crippen LogP contribution is -2.09. The summed E-state index contributed by atoms with van der Waals surface area (Å²) in [4.78, 5) is 15.2. The maximum Gasteiger partial charge on any atom is 0.309 e. The first kappa shape index (κ1) is 12.8. The van der Waals surface area contributed by atoms with E-state index in [9.17, 15) is 4.79 Å². The Hall–Kier alpha value is -2.68. The van der Waals surface area contributed by atoms with Gasteiger partial charge in [0.15, 0.2) is 0 Å². The van der Waals surface area contributed by atoms with Crippen molar-refractivity contribution < 1.29 is 9.53 Å². The van der Waals surface area contributed by atoms with Gasteiger partial charge in [-0.2, -0.15) is 5.26 Å². The van der Waals surface area contributed by atoms with Crippen LogP contribution in [0.2, 0.25) is 0 Å². The van der Waals surface area contributed by atoms with Crippen molar-refractivity contribution >= 4 is 5.97 Å². The number of ether oxygens (including phenoxy) is 1. The van der Waals surface area contributed by atoms with Crippen molar-refractivity contribution in [1.82, 2.24) is 14.8 Å². The second-order valence-corrected chi connectivity index (χ2v) is 3.90. The van der Waals surface area contributed by atoms with E-state index in [0.29, 0.717) is 6.54 Å². The molecule has 6 heteroatoms. The zero-order chi connectivity index (χ0) is 13.7. The average molecular weight is 256 g/mol. The van der Waals surface area contributed by atoms with E-state index < -0.39 is 0 Å². The molecular weight excluding hydrogens is 244 g/mol. The Morgan fingerprint density at radius 1 is 1.42 bits per heavy atom. The van der Waals surface area contributed by atoms with E-state index in [-0.39, 0.29) is 18.2 Å². The molecule has 0 aliphatic rings. The molecule has 0 saturated heterocycles. The number of carbonyl (C=O) groups excluding carboxylic acids is 1. The summed E-state index contributed by atoms with van der Waals surface area (Å²) in [5.41, 5.74) is 1.82. The Kier molecular flexibility index (Phi) is 3.88. The summed E-state index contributed by atoms with van der Waals surface area (Å²) < 4.78 is 6.23. The molecule has 0 N–H and O–H groups in total. The second kappa shape index (κ2) is 5.78. The lowest BCUT2D eigenvalue weighted by Gasteiger charge is -2.08. The highest BCUT2D eigenvalue weighted by Crippen LogP contribution is 2.11. The van der Waals surface area contributed by atoms with Gasteiger partial charge in [-0.3, -0.25) is 4.79 Å². The van der Waals surface area contributed by atoms with Gasteiger partial charge in [-0.15, -0.1) is 5.10 Å². The van der Waals surface area contributed by atoms with Crippen LogP contribution in [-0.2, 0) is 22.5 Å². The summed E-state index contributed by atoms with van der Waals surface area (Å²) in [6, 6.07) is 9.40. The van der Waals surface area contributed by atoms with Crippen LogP contribution in [0.15, 0.2) is 30.6 Å². The van der Waals surface area contributed by atoms with E-state index in [4.69, 9.17) is 5.26 Å². The molecule has 1 aromatic heterocycles. The second-order valence-electron chi connectivity index (χ2n) is 3.90. The highest BCUT2D eigenvalue weighted by molar-refractivity contribution is 5.72. The summed E-state index contributed by atoms with van der Waals surface area (Å²) >= 11 is 0. The number of hydrogen-bond donors (Lipinski definition) is 0.